The summed E-state index contributed by atoms with van der Waals surface area (Å²) in [6, 6.07) is 5.43. The maximum Gasteiger partial charge on any atom is 0.360 e. The van der Waals surface area contributed by atoms with E-state index in [4.69, 9.17) is 18.6 Å². The number of ether oxygens (including phenoxy) is 3. The molecule has 2 aromatic rings. The van der Waals surface area contributed by atoms with Gasteiger partial charge in [0.2, 0.25) is 5.91 Å². The van der Waals surface area contributed by atoms with Gasteiger partial charge in [-0.3, -0.25) is 9.69 Å². The Morgan fingerprint density at radius 2 is 2.07 bits per heavy atom. The summed E-state index contributed by atoms with van der Waals surface area (Å²) in [5.41, 5.74) is 0.807. The van der Waals surface area contributed by atoms with Crippen molar-refractivity contribution in [1.29, 1.82) is 0 Å². The topological polar surface area (TPSA) is 90.2 Å². The van der Waals surface area contributed by atoms with Crippen LogP contribution in [0.3, 0.4) is 0 Å². The molecular formula is C20H26N2O6. The molecule has 1 aromatic carbocycles. The van der Waals surface area contributed by atoms with Crippen LogP contribution in [0.2, 0.25) is 0 Å². The number of hydrogen-bond donors (Lipinski definition) is 1. The molecule has 28 heavy (non-hydrogen) atoms. The number of hydrogen-bond acceptors (Lipinski definition) is 7. The predicted molar refractivity (Wildman–Crippen MR) is 105 cm³/mol. The number of morpholine rings is 1. The SMILES string of the molecule is COCOc1c(CCCN2CCOCC2)ccc2cc(NC(C)=O)c(=O)oc12. The molecule has 1 aromatic heterocycles. The first-order valence-corrected chi connectivity index (χ1v) is 9.37. The quantitative estimate of drug-likeness (QED) is 0.545. The molecule has 1 fully saturated rings. The molecule has 1 N–H and O–H groups in total. The third kappa shape index (κ3) is 5.09. The summed E-state index contributed by atoms with van der Waals surface area (Å²) in [6.07, 6.45) is 1.73. The van der Waals surface area contributed by atoms with E-state index in [1.165, 1.54) is 14.0 Å². The van der Waals surface area contributed by atoms with Crippen molar-refractivity contribution in [1.82, 2.24) is 4.90 Å². The Morgan fingerprint density at radius 3 is 2.79 bits per heavy atom. The fraction of sp³-hybridized carbons (Fsp3) is 0.500. The zero-order valence-electron chi connectivity index (χ0n) is 16.3. The first kappa shape index (κ1) is 20.3. The van der Waals surface area contributed by atoms with Crippen LogP contribution in [0.1, 0.15) is 18.9 Å². The lowest BCUT2D eigenvalue weighted by Crippen LogP contribution is -2.36. The van der Waals surface area contributed by atoms with Crippen LogP contribution in [0.15, 0.2) is 27.4 Å². The average Bonchev–Trinajstić information content (AvgIpc) is 2.68. The highest BCUT2D eigenvalue weighted by atomic mass is 16.7. The Morgan fingerprint density at radius 1 is 1.29 bits per heavy atom. The Labute approximate surface area is 163 Å². The first-order valence-electron chi connectivity index (χ1n) is 9.37. The second kappa shape index (κ2) is 9.68. The van der Waals surface area contributed by atoms with Crippen molar-refractivity contribution in [2.45, 2.75) is 19.8 Å². The van der Waals surface area contributed by atoms with E-state index in [1.807, 2.05) is 12.1 Å². The van der Waals surface area contributed by atoms with Crippen molar-refractivity contribution >= 4 is 22.6 Å². The van der Waals surface area contributed by atoms with E-state index in [0.717, 1.165) is 51.3 Å². The minimum Gasteiger partial charge on any atom is -0.463 e. The van der Waals surface area contributed by atoms with E-state index >= 15 is 0 Å². The van der Waals surface area contributed by atoms with Crippen LogP contribution in [-0.2, 0) is 20.7 Å². The summed E-state index contributed by atoms with van der Waals surface area (Å²) >= 11 is 0. The van der Waals surface area contributed by atoms with E-state index in [1.54, 1.807) is 6.07 Å². The van der Waals surface area contributed by atoms with Gasteiger partial charge < -0.3 is 23.9 Å². The number of amides is 1. The van der Waals surface area contributed by atoms with Crippen LogP contribution in [-0.4, -0.2) is 57.6 Å². The Kier molecular flexibility index (Phi) is 7.02. The van der Waals surface area contributed by atoms with Gasteiger partial charge in [0.15, 0.2) is 18.1 Å². The molecule has 0 spiro atoms. The van der Waals surface area contributed by atoms with Gasteiger partial charge in [0.05, 0.1) is 13.2 Å². The normalized spacial score (nSPS) is 14.9. The minimum atomic E-state index is -0.615. The predicted octanol–water partition coefficient (Wildman–Crippen LogP) is 2.00. The van der Waals surface area contributed by atoms with E-state index in [0.29, 0.717) is 16.7 Å². The maximum absolute atomic E-state index is 12.2. The summed E-state index contributed by atoms with van der Waals surface area (Å²) in [6.45, 7) is 5.81. The molecule has 1 aliphatic rings. The smallest absolute Gasteiger partial charge is 0.360 e. The number of nitrogens with zero attached hydrogens (tertiary/aromatic N) is 1. The number of anilines is 1. The van der Waals surface area contributed by atoms with E-state index in [-0.39, 0.29) is 18.4 Å². The lowest BCUT2D eigenvalue weighted by Gasteiger charge is -2.26. The van der Waals surface area contributed by atoms with Crippen molar-refractivity contribution in [2.24, 2.45) is 0 Å². The van der Waals surface area contributed by atoms with Gasteiger partial charge in [0.25, 0.3) is 0 Å². The van der Waals surface area contributed by atoms with Crippen LogP contribution in [0.25, 0.3) is 11.0 Å². The highest BCUT2D eigenvalue weighted by molar-refractivity contribution is 5.92. The Hall–Kier alpha value is -2.42. The monoisotopic (exact) mass is 390 g/mol. The van der Waals surface area contributed by atoms with Crippen LogP contribution in [0.5, 0.6) is 5.75 Å². The molecule has 1 aliphatic heterocycles. The largest absolute Gasteiger partial charge is 0.463 e. The molecule has 2 heterocycles. The molecule has 1 amide bonds. The molecule has 0 aliphatic carbocycles. The standard InChI is InChI=1S/C20H26N2O6/c1-14(23)21-17-12-16-6-5-15(4-3-7-22-8-10-26-11-9-22)18(27-13-25-2)19(16)28-20(17)24/h5-6,12H,3-4,7-11,13H2,1-2H3,(H,21,23). The first-order chi connectivity index (χ1) is 13.6. The number of carbonyl (C=O) groups excluding carboxylic acids is 1. The minimum absolute atomic E-state index is 0.0483. The van der Waals surface area contributed by atoms with Gasteiger partial charge in [-0.15, -0.1) is 0 Å². The second-order valence-electron chi connectivity index (χ2n) is 6.71. The van der Waals surface area contributed by atoms with Gasteiger partial charge in [0, 0.05) is 32.5 Å². The highest BCUT2D eigenvalue weighted by Crippen LogP contribution is 2.31. The van der Waals surface area contributed by atoms with E-state index in [9.17, 15) is 9.59 Å². The molecule has 0 bridgehead atoms. The fourth-order valence-corrected chi connectivity index (χ4v) is 3.27. The fourth-order valence-electron chi connectivity index (χ4n) is 3.27. The van der Waals surface area contributed by atoms with Gasteiger partial charge in [0.1, 0.15) is 5.69 Å². The van der Waals surface area contributed by atoms with Crippen LogP contribution in [0.4, 0.5) is 5.69 Å². The van der Waals surface area contributed by atoms with Crippen molar-refractivity contribution < 1.29 is 23.4 Å². The van der Waals surface area contributed by atoms with Gasteiger partial charge in [-0.05, 0) is 31.0 Å². The van der Waals surface area contributed by atoms with Gasteiger partial charge in [-0.1, -0.05) is 12.1 Å². The summed E-state index contributed by atoms with van der Waals surface area (Å²) in [7, 11) is 1.54. The summed E-state index contributed by atoms with van der Waals surface area (Å²) in [5.74, 6) is 0.176. The van der Waals surface area contributed by atoms with Crippen molar-refractivity contribution in [2.75, 3.05) is 52.1 Å². The number of nitrogens with one attached hydrogen (secondary N) is 1. The molecule has 1 saturated heterocycles. The average molecular weight is 390 g/mol. The molecule has 152 valence electrons. The van der Waals surface area contributed by atoms with Crippen molar-refractivity contribution in [3.05, 3.63) is 34.2 Å². The summed E-state index contributed by atoms with van der Waals surface area (Å²) < 4.78 is 21.6. The third-order valence-electron chi connectivity index (χ3n) is 4.59. The number of benzene rings is 1. The number of aryl methyl sites for hydroxylation is 1. The number of carbonyl (C=O) groups is 1. The maximum atomic E-state index is 12.2. The molecular weight excluding hydrogens is 364 g/mol. The molecule has 8 nitrogen and oxygen atoms in total. The zero-order chi connectivity index (χ0) is 19.9. The number of rotatable bonds is 8. The molecule has 0 saturated carbocycles. The summed E-state index contributed by atoms with van der Waals surface area (Å²) in [4.78, 5) is 25.9. The molecule has 3 rings (SSSR count). The molecule has 8 heteroatoms. The van der Waals surface area contributed by atoms with Crippen molar-refractivity contribution in [3.63, 3.8) is 0 Å². The van der Waals surface area contributed by atoms with Gasteiger partial charge in [-0.25, -0.2) is 4.79 Å². The van der Waals surface area contributed by atoms with E-state index in [2.05, 4.69) is 10.2 Å². The van der Waals surface area contributed by atoms with Gasteiger partial charge in [-0.2, -0.15) is 0 Å². The van der Waals surface area contributed by atoms with Crippen molar-refractivity contribution in [3.8, 4) is 5.75 Å². The molecule has 0 atom stereocenters. The van der Waals surface area contributed by atoms with E-state index < -0.39 is 5.63 Å². The Bertz CT molecular complexity index is 873. The zero-order valence-corrected chi connectivity index (χ0v) is 16.3. The number of fused-ring (bicyclic) bond motifs is 1. The molecule has 0 radical (unpaired) electrons. The van der Waals surface area contributed by atoms with Crippen LogP contribution >= 0.6 is 0 Å². The van der Waals surface area contributed by atoms with Crippen LogP contribution < -0.4 is 15.7 Å². The number of methoxy groups -OCH3 is 1. The second-order valence-corrected chi connectivity index (χ2v) is 6.71. The van der Waals surface area contributed by atoms with Crippen LogP contribution in [0, 0.1) is 0 Å². The molecule has 0 unspecified atom stereocenters. The van der Waals surface area contributed by atoms with Gasteiger partial charge >= 0.3 is 5.63 Å². The summed E-state index contributed by atoms with van der Waals surface area (Å²) in [5, 5.41) is 3.16. The lowest BCUT2D eigenvalue weighted by atomic mass is 10.1. The third-order valence-corrected chi connectivity index (χ3v) is 4.59. The lowest BCUT2D eigenvalue weighted by molar-refractivity contribution is -0.114. The Balaban J connectivity index is 1.84. The highest BCUT2D eigenvalue weighted by Gasteiger charge is 2.16.